The molecule has 1 atom stereocenters. The molecule has 0 aliphatic heterocycles. The second-order valence-electron chi connectivity index (χ2n) is 3.98. The number of halogens is 4. The van der Waals surface area contributed by atoms with E-state index in [1.54, 1.807) is 12.1 Å². The number of ether oxygens (including phenoxy) is 1. The summed E-state index contributed by atoms with van der Waals surface area (Å²) in [6.07, 6.45) is -4.95. The van der Waals surface area contributed by atoms with Crippen molar-refractivity contribution in [1.29, 1.82) is 0 Å². The third kappa shape index (κ3) is 6.86. The van der Waals surface area contributed by atoms with Crippen molar-refractivity contribution in [3.05, 3.63) is 28.7 Å². The zero-order valence-electron chi connectivity index (χ0n) is 9.93. The fraction of sp³-hybridized carbons (Fsp3) is 0.500. The Morgan fingerprint density at radius 2 is 1.89 bits per heavy atom. The molecular weight excluding hydrogens is 311 g/mol. The highest BCUT2D eigenvalue weighted by Crippen LogP contribution is 2.21. The Morgan fingerprint density at radius 1 is 1.28 bits per heavy atom. The van der Waals surface area contributed by atoms with Crippen LogP contribution in [0.2, 0.25) is 0 Å². The SMILES string of the molecule is CC(CC(F)(F)F)NCCOc1ccc(Br)cc1. The summed E-state index contributed by atoms with van der Waals surface area (Å²) in [5.74, 6) is 0.698. The van der Waals surface area contributed by atoms with Crippen molar-refractivity contribution in [3.8, 4) is 5.75 Å². The van der Waals surface area contributed by atoms with Crippen LogP contribution in [0.4, 0.5) is 13.2 Å². The van der Waals surface area contributed by atoms with Gasteiger partial charge < -0.3 is 10.1 Å². The van der Waals surface area contributed by atoms with Gasteiger partial charge in [0.1, 0.15) is 12.4 Å². The maximum Gasteiger partial charge on any atom is 0.390 e. The molecule has 0 fully saturated rings. The zero-order chi connectivity index (χ0) is 13.6. The molecule has 0 aliphatic carbocycles. The summed E-state index contributed by atoms with van der Waals surface area (Å²) in [6, 6.07) is 6.68. The Labute approximate surface area is 113 Å². The second-order valence-corrected chi connectivity index (χ2v) is 4.89. The third-order valence-corrected chi connectivity index (χ3v) is 2.74. The van der Waals surface area contributed by atoms with Crippen molar-refractivity contribution in [1.82, 2.24) is 5.32 Å². The minimum absolute atomic E-state index is 0.337. The monoisotopic (exact) mass is 325 g/mol. The second kappa shape index (κ2) is 6.99. The van der Waals surface area contributed by atoms with Gasteiger partial charge >= 0.3 is 6.18 Å². The zero-order valence-corrected chi connectivity index (χ0v) is 11.5. The Balaban J connectivity index is 2.17. The average Bonchev–Trinajstić information content (AvgIpc) is 2.24. The van der Waals surface area contributed by atoms with E-state index in [0.717, 1.165) is 4.47 Å². The first-order chi connectivity index (χ1) is 8.37. The first kappa shape index (κ1) is 15.3. The Morgan fingerprint density at radius 3 is 2.44 bits per heavy atom. The number of nitrogens with one attached hydrogen (secondary N) is 1. The van der Waals surface area contributed by atoms with E-state index < -0.39 is 18.6 Å². The molecule has 0 heterocycles. The van der Waals surface area contributed by atoms with E-state index in [2.05, 4.69) is 21.2 Å². The predicted molar refractivity (Wildman–Crippen MR) is 67.8 cm³/mol. The highest BCUT2D eigenvalue weighted by molar-refractivity contribution is 9.10. The molecule has 1 rings (SSSR count). The standard InChI is InChI=1S/C12H15BrF3NO/c1-9(8-12(14,15)16)17-6-7-18-11-4-2-10(13)3-5-11/h2-5,9,17H,6-8H2,1H3. The largest absolute Gasteiger partial charge is 0.492 e. The lowest BCUT2D eigenvalue weighted by Gasteiger charge is -2.15. The summed E-state index contributed by atoms with van der Waals surface area (Å²) in [6.45, 7) is 2.23. The van der Waals surface area contributed by atoms with Gasteiger partial charge in [0, 0.05) is 17.1 Å². The minimum Gasteiger partial charge on any atom is -0.492 e. The van der Waals surface area contributed by atoms with Gasteiger partial charge in [-0.1, -0.05) is 15.9 Å². The molecule has 0 aromatic heterocycles. The van der Waals surface area contributed by atoms with Gasteiger partial charge in [0.15, 0.2) is 0 Å². The van der Waals surface area contributed by atoms with Crippen molar-refractivity contribution < 1.29 is 17.9 Å². The third-order valence-electron chi connectivity index (χ3n) is 2.21. The maximum atomic E-state index is 12.0. The quantitative estimate of drug-likeness (QED) is 0.804. The molecule has 0 saturated carbocycles. The smallest absolute Gasteiger partial charge is 0.390 e. The highest BCUT2D eigenvalue weighted by Gasteiger charge is 2.29. The van der Waals surface area contributed by atoms with Crippen LogP contribution in [0.3, 0.4) is 0 Å². The van der Waals surface area contributed by atoms with Crippen LogP contribution >= 0.6 is 15.9 Å². The maximum absolute atomic E-state index is 12.0. The van der Waals surface area contributed by atoms with Crippen molar-refractivity contribution >= 4 is 15.9 Å². The van der Waals surface area contributed by atoms with Crippen LogP contribution in [-0.2, 0) is 0 Å². The van der Waals surface area contributed by atoms with Gasteiger partial charge in [-0.3, -0.25) is 0 Å². The van der Waals surface area contributed by atoms with E-state index >= 15 is 0 Å². The molecule has 2 nitrogen and oxygen atoms in total. The van der Waals surface area contributed by atoms with Gasteiger partial charge in [0.2, 0.25) is 0 Å². The van der Waals surface area contributed by atoms with E-state index in [9.17, 15) is 13.2 Å². The molecule has 0 aliphatic rings. The first-order valence-electron chi connectivity index (χ1n) is 5.55. The van der Waals surface area contributed by atoms with Crippen LogP contribution in [0.15, 0.2) is 28.7 Å². The fourth-order valence-corrected chi connectivity index (χ4v) is 1.69. The summed E-state index contributed by atoms with van der Waals surface area (Å²) >= 11 is 3.30. The number of rotatable bonds is 6. The summed E-state index contributed by atoms with van der Waals surface area (Å²) in [5.41, 5.74) is 0. The van der Waals surface area contributed by atoms with Crippen molar-refractivity contribution in [3.63, 3.8) is 0 Å². The van der Waals surface area contributed by atoms with E-state index in [1.807, 2.05) is 12.1 Å². The van der Waals surface area contributed by atoms with Crippen LogP contribution < -0.4 is 10.1 Å². The van der Waals surface area contributed by atoms with E-state index in [4.69, 9.17) is 4.74 Å². The lowest BCUT2D eigenvalue weighted by molar-refractivity contribution is -0.139. The molecule has 1 unspecified atom stereocenters. The van der Waals surface area contributed by atoms with Crippen molar-refractivity contribution in [2.24, 2.45) is 0 Å². The van der Waals surface area contributed by atoms with Gasteiger partial charge in [-0.25, -0.2) is 0 Å². The summed E-state index contributed by atoms with van der Waals surface area (Å²) in [7, 11) is 0. The molecule has 1 aromatic carbocycles. The summed E-state index contributed by atoms with van der Waals surface area (Å²) < 4.78 is 42.5. The van der Waals surface area contributed by atoms with Crippen LogP contribution in [-0.4, -0.2) is 25.4 Å². The molecule has 18 heavy (non-hydrogen) atoms. The molecule has 0 amide bonds. The minimum atomic E-state index is -4.13. The lowest BCUT2D eigenvalue weighted by atomic mass is 10.2. The molecule has 102 valence electrons. The molecule has 1 N–H and O–H groups in total. The molecular formula is C12H15BrF3NO. The molecule has 6 heteroatoms. The van der Waals surface area contributed by atoms with Gasteiger partial charge in [-0.05, 0) is 31.2 Å². The van der Waals surface area contributed by atoms with Crippen molar-refractivity contribution in [2.45, 2.75) is 25.6 Å². The van der Waals surface area contributed by atoms with Crippen LogP contribution in [0.5, 0.6) is 5.75 Å². The fourth-order valence-electron chi connectivity index (χ4n) is 1.42. The average molecular weight is 326 g/mol. The summed E-state index contributed by atoms with van der Waals surface area (Å²) in [5, 5.41) is 2.77. The Bertz CT molecular complexity index is 353. The van der Waals surface area contributed by atoms with Crippen LogP contribution in [0.1, 0.15) is 13.3 Å². The molecule has 0 radical (unpaired) electrons. The van der Waals surface area contributed by atoms with Crippen LogP contribution in [0.25, 0.3) is 0 Å². The van der Waals surface area contributed by atoms with E-state index in [0.29, 0.717) is 18.9 Å². The van der Waals surface area contributed by atoms with E-state index in [-0.39, 0.29) is 0 Å². The topological polar surface area (TPSA) is 21.3 Å². The van der Waals surface area contributed by atoms with Gasteiger partial charge in [0.05, 0.1) is 6.42 Å². The molecule has 0 saturated heterocycles. The number of hydrogen-bond acceptors (Lipinski definition) is 2. The van der Waals surface area contributed by atoms with Gasteiger partial charge in [-0.2, -0.15) is 13.2 Å². The predicted octanol–water partition coefficient (Wildman–Crippen LogP) is 3.76. The molecule has 1 aromatic rings. The molecule has 0 bridgehead atoms. The number of alkyl halides is 3. The molecule has 0 spiro atoms. The van der Waals surface area contributed by atoms with E-state index in [1.165, 1.54) is 6.92 Å². The van der Waals surface area contributed by atoms with Crippen LogP contribution in [0, 0.1) is 0 Å². The Hall–Kier alpha value is -0.750. The Kier molecular flexibility index (Phi) is 5.95. The number of benzene rings is 1. The van der Waals surface area contributed by atoms with Gasteiger partial charge in [-0.15, -0.1) is 0 Å². The van der Waals surface area contributed by atoms with Crippen molar-refractivity contribution in [2.75, 3.05) is 13.2 Å². The normalized spacial score (nSPS) is 13.4. The number of hydrogen-bond donors (Lipinski definition) is 1. The first-order valence-corrected chi connectivity index (χ1v) is 6.34. The summed E-state index contributed by atoms with van der Waals surface area (Å²) in [4.78, 5) is 0. The highest BCUT2D eigenvalue weighted by atomic mass is 79.9. The van der Waals surface area contributed by atoms with Gasteiger partial charge in [0.25, 0.3) is 0 Å². The lowest BCUT2D eigenvalue weighted by Crippen LogP contribution is -2.33.